The third-order valence-electron chi connectivity index (χ3n) is 1.67. The van der Waals surface area contributed by atoms with Crippen molar-refractivity contribution in [3.63, 3.8) is 0 Å². The van der Waals surface area contributed by atoms with Gasteiger partial charge >= 0.3 is 5.97 Å². The number of nitrogens with zero attached hydrogens (tertiary/aromatic N) is 1. The number of carboxylic acids is 1. The fourth-order valence-electron chi connectivity index (χ4n) is 1.04. The lowest BCUT2D eigenvalue weighted by Gasteiger charge is -1.91. The standard InChI is InChI=1S/C8H4ClNO3/c9-7-5-3-4(8(11)12)1-2-6(5)13-10-7/h1-3H,(H,11,12). The molecule has 0 saturated heterocycles. The van der Waals surface area contributed by atoms with Crippen molar-refractivity contribution < 1.29 is 14.4 Å². The Hall–Kier alpha value is -1.55. The summed E-state index contributed by atoms with van der Waals surface area (Å²) in [5.74, 6) is -1.00. The molecule has 1 aromatic carbocycles. The summed E-state index contributed by atoms with van der Waals surface area (Å²) in [5.41, 5.74) is 0.646. The van der Waals surface area contributed by atoms with Gasteiger partial charge in [-0.3, -0.25) is 0 Å². The van der Waals surface area contributed by atoms with E-state index in [9.17, 15) is 4.79 Å². The van der Waals surface area contributed by atoms with Crippen LogP contribution in [0.1, 0.15) is 10.4 Å². The Kier molecular flexibility index (Phi) is 1.70. The van der Waals surface area contributed by atoms with Crippen LogP contribution in [-0.4, -0.2) is 16.2 Å². The van der Waals surface area contributed by atoms with Gasteiger partial charge in [0, 0.05) is 0 Å². The number of hydrogen-bond acceptors (Lipinski definition) is 3. The molecule has 4 nitrogen and oxygen atoms in total. The summed E-state index contributed by atoms with van der Waals surface area (Å²) in [5, 5.41) is 12.9. The van der Waals surface area contributed by atoms with Gasteiger partial charge in [-0.15, -0.1) is 0 Å². The molecule has 13 heavy (non-hydrogen) atoms. The monoisotopic (exact) mass is 197 g/mol. The number of halogens is 1. The van der Waals surface area contributed by atoms with E-state index in [-0.39, 0.29) is 10.7 Å². The predicted molar refractivity (Wildman–Crippen MR) is 46.0 cm³/mol. The van der Waals surface area contributed by atoms with Crippen LogP contribution in [-0.2, 0) is 0 Å². The highest BCUT2D eigenvalue weighted by molar-refractivity contribution is 6.34. The van der Waals surface area contributed by atoms with E-state index in [2.05, 4.69) is 5.16 Å². The lowest BCUT2D eigenvalue weighted by Crippen LogP contribution is -1.94. The Morgan fingerprint density at radius 2 is 2.31 bits per heavy atom. The summed E-state index contributed by atoms with van der Waals surface area (Å²) in [4.78, 5) is 10.6. The molecule has 66 valence electrons. The highest BCUT2D eigenvalue weighted by atomic mass is 35.5. The zero-order chi connectivity index (χ0) is 9.42. The van der Waals surface area contributed by atoms with Crippen LogP contribution in [0.5, 0.6) is 0 Å². The molecule has 1 N–H and O–H groups in total. The van der Waals surface area contributed by atoms with Crippen LogP contribution in [0, 0.1) is 0 Å². The minimum Gasteiger partial charge on any atom is -0.478 e. The average Bonchev–Trinajstić information content (AvgIpc) is 2.47. The smallest absolute Gasteiger partial charge is 0.335 e. The van der Waals surface area contributed by atoms with Crippen molar-refractivity contribution in [2.45, 2.75) is 0 Å². The summed E-state index contributed by atoms with van der Waals surface area (Å²) in [7, 11) is 0. The maximum Gasteiger partial charge on any atom is 0.335 e. The van der Waals surface area contributed by atoms with Gasteiger partial charge in [-0.2, -0.15) is 0 Å². The van der Waals surface area contributed by atoms with Crippen molar-refractivity contribution in [1.82, 2.24) is 5.16 Å². The minimum atomic E-state index is -1.00. The third kappa shape index (κ3) is 1.25. The van der Waals surface area contributed by atoms with Crippen molar-refractivity contribution in [3.8, 4) is 0 Å². The maximum absolute atomic E-state index is 10.6. The van der Waals surface area contributed by atoms with Crippen molar-refractivity contribution in [2.75, 3.05) is 0 Å². The van der Waals surface area contributed by atoms with Gasteiger partial charge in [0.05, 0.1) is 10.9 Å². The molecular formula is C8H4ClNO3. The number of carboxylic acid groups (broad SMARTS) is 1. The first-order valence-corrected chi connectivity index (χ1v) is 3.84. The molecule has 0 aliphatic rings. The first-order chi connectivity index (χ1) is 6.18. The van der Waals surface area contributed by atoms with E-state index < -0.39 is 5.97 Å². The van der Waals surface area contributed by atoms with E-state index in [1.165, 1.54) is 18.2 Å². The minimum absolute atomic E-state index is 0.164. The van der Waals surface area contributed by atoms with Crippen molar-refractivity contribution in [2.24, 2.45) is 0 Å². The van der Waals surface area contributed by atoms with Gasteiger partial charge in [0.2, 0.25) is 0 Å². The van der Waals surface area contributed by atoms with Crippen LogP contribution in [0.4, 0.5) is 0 Å². The number of fused-ring (bicyclic) bond motifs is 1. The summed E-state index contributed by atoms with van der Waals surface area (Å²) >= 11 is 5.65. The molecule has 0 amide bonds. The van der Waals surface area contributed by atoms with Crippen LogP contribution < -0.4 is 0 Å². The molecule has 0 aliphatic heterocycles. The summed E-state index contributed by atoms with van der Waals surface area (Å²) in [6, 6.07) is 4.39. The summed E-state index contributed by atoms with van der Waals surface area (Å²) in [6.07, 6.45) is 0. The van der Waals surface area contributed by atoms with Gasteiger partial charge in [-0.05, 0) is 18.2 Å². The van der Waals surface area contributed by atoms with E-state index >= 15 is 0 Å². The molecule has 0 spiro atoms. The molecule has 2 aromatic rings. The quantitative estimate of drug-likeness (QED) is 0.761. The molecule has 0 aliphatic carbocycles. The molecule has 5 heteroatoms. The molecule has 0 atom stereocenters. The summed E-state index contributed by atoms with van der Waals surface area (Å²) in [6.45, 7) is 0. The summed E-state index contributed by atoms with van der Waals surface area (Å²) < 4.78 is 4.81. The number of benzene rings is 1. The Morgan fingerprint density at radius 3 is 3.00 bits per heavy atom. The maximum atomic E-state index is 10.6. The molecule has 2 rings (SSSR count). The Bertz CT molecular complexity index is 477. The van der Waals surface area contributed by atoms with Crippen molar-refractivity contribution >= 4 is 28.5 Å². The van der Waals surface area contributed by atoms with Crippen LogP contribution >= 0.6 is 11.6 Å². The molecule has 0 fully saturated rings. The second-order valence-electron chi connectivity index (χ2n) is 2.49. The van der Waals surface area contributed by atoms with Gasteiger partial charge < -0.3 is 9.63 Å². The van der Waals surface area contributed by atoms with E-state index in [1.54, 1.807) is 0 Å². The zero-order valence-corrected chi connectivity index (χ0v) is 7.08. The Morgan fingerprint density at radius 1 is 1.54 bits per heavy atom. The van der Waals surface area contributed by atoms with Gasteiger partial charge in [-0.1, -0.05) is 16.8 Å². The number of aromatic nitrogens is 1. The second kappa shape index (κ2) is 2.74. The Labute approximate surface area is 77.7 Å². The van der Waals surface area contributed by atoms with E-state index in [0.717, 1.165) is 0 Å². The predicted octanol–water partition coefficient (Wildman–Crippen LogP) is 2.18. The average molecular weight is 198 g/mol. The van der Waals surface area contributed by atoms with Crippen molar-refractivity contribution in [1.29, 1.82) is 0 Å². The molecule has 0 bridgehead atoms. The number of rotatable bonds is 1. The molecule has 1 heterocycles. The van der Waals surface area contributed by atoms with E-state index in [1.807, 2.05) is 0 Å². The van der Waals surface area contributed by atoms with Crippen LogP contribution in [0.2, 0.25) is 5.15 Å². The molecule has 0 radical (unpaired) electrons. The van der Waals surface area contributed by atoms with Gasteiger partial charge in [0.1, 0.15) is 0 Å². The zero-order valence-electron chi connectivity index (χ0n) is 6.32. The SMILES string of the molecule is O=C(O)c1ccc2onc(Cl)c2c1. The van der Waals surface area contributed by atoms with Gasteiger partial charge in [-0.25, -0.2) is 4.79 Å². The highest BCUT2D eigenvalue weighted by Gasteiger charge is 2.09. The number of aromatic carboxylic acids is 1. The molecular weight excluding hydrogens is 194 g/mol. The van der Waals surface area contributed by atoms with Crippen LogP contribution in [0.15, 0.2) is 22.7 Å². The largest absolute Gasteiger partial charge is 0.478 e. The fraction of sp³-hybridized carbons (Fsp3) is 0. The first-order valence-electron chi connectivity index (χ1n) is 3.47. The van der Waals surface area contributed by atoms with E-state index in [4.69, 9.17) is 21.2 Å². The number of carbonyl (C=O) groups is 1. The third-order valence-corrected chi connectivity index (χ3v) is 1.95. The first kappa shape index (κ1) is 8.07. The normalized spacial score (nSPS) is 10.5. The number of hydrogen-bond donors (Lipinski definition) is 1. The van der Waals surface area contributed by atoms with Gasteiger partial charge in [0.25, 0.3) is 0 Å². The van der Waals surface area contributed by atoms with Crippen molar-refractivity contribution in [3.05, 3.63) is 28.9 Å². The lowest BCUT2D eigenvalue weighted by molar-refractivity contribution is 0.0697. The molecule has 0 unspecified atom stereocenters. The highest BCUT2D eigenvalue weighted by Crippen LogP contribution is 2.23. The van der Waals surface area contributed by atoms with Crippen LogP contribution in [0.25, 0.3) is 11.0 Å². The van der Waals surface area contributed by atoms with Gasteiger partial charge in [0.15, 0.2) is 10.7 Å². The second-order valence-corrected chi connectivity index (χ2v) is 2.85. The van der Waals surface area contributed by atoms with E-state index in [0.29, 0.717) is 11.0 Å². The van der Waals surface area contributed by atoms with Crippen LogP contribution in [0.3, 0.4) is 0 Å². The fourth-order valence-corrected chi connectivity index (χ4v) is 1.22. The lowest BCUT2D eigenvalue weighted by atomic mass is 10.2. The molecule has 0 saturated carbocycles. The molecule has 1 aromatic heterocycles. The Balaban J connectivity index is 2.72. The topological polar surface area (TPSA) is 63.3 Å².